The van der Waals surface area contributed by atoms with Gasteiger partial charge >= 0.3 is 0 Å². The molecule has 0 unspecified atom stereocenters. The van der Waals surface area contributed by atoms with Crippen LogP contribution < -0.4 is 0 Å². The largest absolute Gasteiger partial charge is 0.115 e. The van der Waals surface area contributed by atoms with Crippen molar-refractivity contribution in [1.82, 2.24) is 0 Å². The van der Waals surface area contributed by atoms with Crippen molar-refractivity contribution in [2.75, 3.05) is 0 Å². The van der Waals surface area contributed by atoms with Crippen LogP contribution in [0.4, 0.5) is 0 Å². The van der Waals surface area contributed by atoms with Gasteiger partial charge in [0.2, 0.25) is 0 Å². The maximum atomic E-state index is 5.61. The minimum absolute atomic E-state index is 1.04. The molecule has 8 heavy (non-hydrogen) atoms. The molecule has 0 heterocycles. The van der Waals surface area contributed by atoms with Crippen LogP contribution in [-0.2, 0) is 0 Å². The molecule has 0 fully saturated rings. The van der Waals surface area contributed by atoms with Crippen LogP contribution in [0.2, 0.25) is 0 Å². The molecule has 0 bridgehead atoms. The third kappa shape index (κ3) is 1.03. The van der Waals surface area contributed by atoms with E-state index in [1.54, 1.807) is 0 Å². The lowest BCUT2D eigenvalue weighted by molar-refractivity contribution is 0.996. The molecule has 0 aromatic heterocycles. The monoisotopic (exact) mass is 104 g/mol. The van der Waals surface area contributed by atoms with Crippen molar-refractivity contribution in [3.63, 3.8) is 0 Å². The Kier molecular flexibility index (Phi) is 1.57. The lowest BCUT2D eigenvalue weighted by Gasteiger charge is -2.06. The quantitative estimate of drug-likeness (QED) is 0.411. The van der Waals surface area contributed by atoms with Crippen molar-refractivity contribution in [3.8, 4) is 0 Å². The molecule has 40 valence electrons. The van der Waals surface area contributed by atoms with Gasteiger partial charge in [0.05, 0.1) is 0 Å². The Labute approximate surface area is 51.7 Å². The Morgan fingerprint density at radius 2 is 2.38 bits per heavy atom. The summed E-state index contributed by atoms with van der Waals surface area (Å²) < 4.78 is 0. The molecule has 1 heteroatoms. The van der Waals surface area contributed by atoms with Crippen molar-refractivity contribution in [2.24, 2.45) is 0 Å². The van der Waals surface area contributed by atoms with Gasteiger partial charge in [-0.2, -0.15) is 0 Å². The molecule has 1 rings (SSSR count). The zero-order valence-corrected chi connectivity index (χ0v) is 5.15. The molecule has 0 N–H and O–H groups in total. The van der Waals surface area contributed by atoms with Gasteiger partial charge in [0.1, 0.15) is 7.85 Å². The smallest absolute Gasteiger partial charge is 0.108 e. The van der Waals surface area contributed by atoms with E-state index in [1.807, 2.05) is 6.92 Å². The highest BCUT2D eigenvalue weighted by Crippen LogP contribution is 2.14. The van der Waals surface area contributed by atoms with E-state index >= 15 is 0 Å². The molecular formula is C7H9B. The predicted molar refractivity (Wildman–Crippen MR) is 36.8 cm³/mol. The summed E-state index contributed by atoms with van der Waals surface area (Å²) in [6.07, 6.45) is 6.40. The molecule has 0 saturated heterocycles. The second-order valence-corrected chi connectivity index (χ2v) is 2.15. The van der Waals surface area contributed by atoms with Crippen LogP contribution >= 0.6 is 0 Å². The molecule has 0 aliphatic heterocycles. The minimum Gasteiger partial charge on any atom is -0.115 e. The minimum atomic E-state index is 1.04. The van der Waals surface area contributed by atoms with Crippen LogP contribution in [0.25, 0.3) is 0 Å². The van der Waals surface area contributed by atoms with Crippen LogP contribution in [0.5, 0.6) is 0 Å². The molecule has 2 radical (unpaired) electrons. The van der Waals surface area contributed by atoms with Gasteiger partial charge in [-0.05, 0) is 19.8 Å². The number of allylic oxidation sites excluding steroid dienone is 4. The summed E-state index contributed by atoms with van der Waals surface area (Å²) in [5.41, 5.74) is 2.28. The van der Waals surface area contributed by atoms with Crippen molar-refractivity contribution in [1.29, 1.82) is 0 Å². The lowest BCUT2D eigenvalue weighted by Crippen LogP contribution is -1.90. The van der Waals surface area contributed by atoms with Crippen LogP contribution in [-0.4, -0.2) is 7.85 Å². The van der Waals surface area contributed by atoms with Gasteiger partial charge in [0, 0.05) is 0 Å². The maximum absolute atomic E-state index is 5.61. The van der Waals surface area contributed by atoms with E-state index in [4.69, 9.17) is 7.85 Å². The van der Waals surface area contributed by atoms with E-state index < -0.39 is 0 Å². The van der Waals surface area contributed by atoms with E-state index in [9.17, 15) is 0 Å². The molecule has 1 aliphatic rings. The van der Waals surface area contributed by atoms with Gasteiger partial charge in [-0.15, -0.1) is 5.47 Å². The average Bonchev–Trinajstić information content (AvgIpc) is 1.77. The van der Waals surface area contributed by atoms with E-state index in [0.717, 1.165) is 18.3 Å². The van der Waals surface area contributed by atoms with E-state index in [-0.39, 0.29) is 0 Å². The van der Waals surface area contributed by atoms with E-state index in [0.29, 0.717) is 0 Å². The Hall–Kier alpha value is -0.455. The van der Waals surface area contributed by atoms with Gasteiger partial charge < -0.3 is 0 Å². The Morgan fingerprint density at radius 3 is 2.75 bits per heavy atom. The fraction of sp³-hybridized carbons (Fsp3) is 0.429. The number of hydrogen-bond acceptors (Lipinski definition) is 0. The third-order valence-electron chi connectivity index (χ3n) is 1.45. The number of hydrogen-bond donors (Lipinski definition) is 0. The van der Waals surface area contributed by atoms with Crippen molar-refractivity contribution < 1.29 is 0 Å². The highest BCUT2D eigenvalue weighted by molar-refractivity contribution is 6.22. The molecule has 0 aromatic rings. The summed E-state index contributed by atoms with van der Waals surface area (Å²) in [7, 11) is 5.61. The summed E-state index contributed by atoms with van der Waals surface area (Å²) in [4.78, 5) is 0. The number of rotatable bonds is 0. The Balaban J connectivity index is 2.76. The summed E-state index contributed by atoms with van der Waals surface area (Å²) in [6, 6.07) is 0. The molecule has 0 aromatic carbocycles. The highest BCUT2D eigenvalue weighted by atomic mass is 14.0. The molecule has 0 amide bonds. The molecule has 0 nitrogen and oxygen atoms in total. The molecule has 0 spiro atoms. The van der Waals surface area contributed by atoms with Gasteiger partial charge in [-0.1, -0.05) is 17.7 Å². The lowest BCUT2D eigenvalue weighted by atomic mass is 9.84. The van der Waals surface area contributed by atoms with Gasteiger partial charge in [0.25, 0.3) is 0 Å². The van der Waals surface area contributed by atoms with E-state index in [2.05, 4.69) is 12.2 Å². The van der Waals surface area contributed by atoms with Crippen molar-refractivity contribution in [3.05, 3.63) is 23.2 Å². The van der Waals surface area contributed by atoms with Crippen molar-refractivity contribution >= 4 is 7.85 Å². The first kappa shape index (κ1) is 5.68. The first-order chi connectivity index (χ1) is 3.80. The standard InChI is InChI=1S/C7H9B/c1-6-4-2-3-5-7(6)8/h2,4H,3,5H2,1H3. The first-order valence-corrected chi connectivity index (χ1v) is 2.92. The van der Waals surface area contributed by atoms with Crippen LogP contribution in [0, 0.1) is 0 Å². The second-order valence-electron chi connectivity index (χ2n) is 2.15. The molecule has 0 saturated carbocycles. The zero-order valence-electron chi connectivity index (χ0n) is 5.15. The molecule has 0 atom stereocenters. The summed E-state index contributed by atoms with van der Waals surface area (Å²) in [5.74, 6) is 0. The molecule has 1 aliphatic carbocycles. The summed E-state index contributed by atoms with van der Waals surface area (Å²) in [6.45, 7) is 2.05. The zero-order chi connectivity index (χ0) is 5.98. The topological polar surface area (TPSA) is 0 Å². The Bertz CT molecular complexity index is 142. The van der Waals surface area contributed by atoms with Gasteiger partial charge in [0.15, 0.2) is 0 Å². The van der Waals surface area contributed by atoms with Crippen molar-refractivity contribution in [2.45, 2.75) is 19.8 Å². The van der Waals surface area contributed by atoms with Crippen LogP contribution in [0.3, 0.4) is 0 Å². The predicted octanol–water partition coefficient (Wildman–Crippen LogP) is 1.78. The second kappa shape index (κ2) is 2.21. The van der Waals surface area contributed by atoms with E-state index in [1.165, 1.54) is 5.57 Å². The average molecular weight is 104 g/mol. The normalized spacial score (nSPS) is 19.6. The first-order valence-electron chi connectivity index (χ1n) is 2.92. The van der Waals surface area contributed by atoms with Gasteiger partial charge in [-0.3, -0.25) is 0 Å². The molecular weight excluding hydrogens is 94.9 g/mol. The fourth-order valence-corrected chi connectivity index (χ4v) is 0.803. The summed E-state index contributed by atoms with van der Waals surface area (Å²) >= 11 is 0. The Morgan fingerprint density at radius 1 is 1.62 bits per heavy atom. The fourth-order valence-electron chi connectivity index (χ4n) is 0.803. The third-order valence-corrected chi connectivity index (χ3v) is 1.45. The summed E-state index contributed by atoms with van der Waals surface area (Å²) in [5, 5.41) is 0. The van der Waals surface area contributed by atoms with Gasteiger partial charge in [-0.25, -0.2) is 0 Å². The van der Waals surface area contributed by atoms with Crippen LogP contribution in [0.15, 0.2) is 23.2 Å². The SMILES string of the molecule is [B]C1=C(C)C=CCC1. The van der Waals surface area contributed by atoms with Crippen LogP contribution in [0.1, 0.15) is 19.8 Å². The maximum Gasteiger partial charge on any atom is 0.108 e. The highest BCUT2D eigenvalue weighted by Gasteiger charge is 1.95.